The molecule has 0 fully saturated rings. The largest absolute Gasteiger partial charge is 0.222 e. The molecule has 1 aliphatic rings. The lowest BCUT2D eigenvalue weighted by Gasteiger charge is -2.27. The lowest BCUT2D eigenvalue weighted by molar-refractivity contribution is -0.659. The molecule has 0 amide bonds. The highest BCUT2D eigenvalue weighted by atomic mass is 32.2. The number of benzene rings is 3. The molecule has 5 aromatic rings. The van der Waals surface area contributed by atoms with Crippen LogP contribution in [0.15, 0.2) is 57.8 Å². The lowest BCUT2D eigenvalue weighted by Crippen LogP contribution is -2.32. The highest BCUT2D eigenvalue weighted by Gasteiger charge is 2.33. The van der Waals surface area contributed by atoms with E-state index in [-0.39, 0.29) is 10.8 Å². The zero-order valence-corrected chi connectivity index (χ0v) is 24.4. The molecular weight excluding hydrogens is 475 g/mol. The summed E-state index contributed by atoms with van der Waals surface area (Å²) in [5, 5.41) is 9.29. The van der Waals surface area contributed by atoms with Crippen LogP contribution in [-0.4, -0.2) is 0 Å². The van der Waals surface area contributed by atoms with Crippen LogP contribution in [0, 0.1) is 17.8 Å². The molecule has 3 heterocycles. The average Bonchev–Trinajstić information content (AvgIpc) is 3.27. The normalized spacial score (nSPS) is 13.7. The summed E-state index contributed by atoms with van der Waals surface area (Å²) in [7, 11) is 2.22. The molecule has 0 saturated carbocycles. The summed E-state index contributed by atoms with van der Waals surface area (Å²) in [4.78, 5) is 2.88. The zero-order valence-electron chi connectivity index (χ0n) is 22.8. The van der Waals surface area contributed by atoms with Gasteiger partial charge in [-0.05, 0) is 81.0 Å². The van der Waals surface area contributed by atoms with Crippen LogP contribution in [0.4, 0.5) is 0 Å². The van der Waals surface area contributed by atoms with Gasteiger partial charge in [0.1, 0.15) is 7.05 Å². The minimum absolute atomic E-state index is 0.220. The Labute approximate surface area is 223 Å². The number of aryl methyl sites for hydroxylation is 2. The van der Waals surface area contributed by atoms with E-state index >= 15 is 0 Å². The van der Waals surface area contributed by atoms with Crippen molar-refractivity contribution in [1.29, 1.82) is 0 Å². The summed E-state index contributed by atoms with van der Waals surface area (Å²) in [5.41, 5.74) is 7.69. The Bertz CT molecular complexity index is 1690. The second kappa shape index (κ2) is 8.07. The number of hydrogen-bond donors (Lipinski definition) is 0. The van der Waals surface area contributed by atoms with E-state index in [1.165, 1.54) is 69.4 Å². The van der Waals surface area contributed by atoms with E-state index in [9.17, 15) is 0 Å². The van der Waals surface area contributed by atoms with Crippen molar-refractivity contribution in [1.82, 2.24) is 0 Å². The first-order valence-electron chi connectivity index (χ1n) is 13.0. The standard InChI is InChI=1S/C33H36NS2/c1-19-21-13-15-35-30(21)25(18-33(5,6)7)31-27(19)29-28-23(12-14-34(29)8)22-11-9-10-20(17-32(2,3)4)24(22)16-26(28)36-31/h9-16H,17-18H2,1-8H3/q+1. The molecule has 0 spiro atoms. The molecule has 36 heavy (non-hydrogen) atoms. The van der Waals surface area contributed by atoms with E-state index in [1.54, 1.807) is 0 Å². The maximum atomic E-state index is 2.50. The first kappa shape index (κ1) is 24.0. The number of nitrogens with zero attached hydrogens (tertiary/aromatic N) is 1. The number of fused-ring (bicyclic) bond motifs is 5. The molecule has 184 valence electrons. The van der Waals surface area contributed by atoms with E-state index in [4.69, 9.17) is 0 Å². The van der Waals surface area contributed by atoms with E-state index in [0.717, 1.165) is 12.8 Å². The van der Waals surface area contributed by atoms with Crippen molar-refractivity contribution in [3.05, 3.63) is 64.7 Å². The van der Waals surface area contributed by atoms with Gasteiger partial charge in [0.15, 0.2) is 6.20 Å². The van der Waals surface area contributed by atoms with Crippen molar-refractivity contribution in [2.24, 2.45) is 17.9 Å². The fraction of sp³-hybridized carbons (Fsp3) is 0.364. The van der Waals surface area contributed by atoms with Crippen molar-refractivity contribution in [3.63, 3.8) is 0 Å². The van der Waals surface area contributed by atoms with Gasteiger partial charge in [0.2, 0.25) is 5.69 Å². The van der Waals surface area contributed by atoms with Gasteiger partial charge >= 0.3 is 0 Å². The maximum absolute atomic E-state index is 2.50. The summed E-state index contributed by atoms with van der Waals surface area (Å²) < 4.78 is 3.84. The smallest absolute Gasteiger partial charge is 0.200 e. The van der Waals surface area contributed by atoms with Gasteiger partial charge in [-0.1, -0.05) is 71.5 Å². The Morgan fingerprint density at radius 1 is 0.833 bits per heavy atom. The second-order valence-electron chi connectivity index (χ2n) is 13.0. The maximum Gasteiger partial charge on any atom is 0.222 e. The Morgan fingerprint density at radius 3 is 2.31 bits per heavy atom. The zero-order chi connectivity index (χ0) is 25.6. The van der Waals surface area contributed by atoms with Gasteiger partial charge in [0.25, 0.3) is 0 Å². The van der Waals surface area contributed by atoms with Crippen LogP contribution in [-0.2, 0) is 19.9 Å². The van der Waals surface area contributed by atoms with Crippen LogP contribution in [0.1, 0.15) is 58.2 Å². The molecule has 3 aromatic carbocycles. The molecule has 0 aliphatic carbocycles. The Hall–Kier alpha value is -2.36. The topological polar surface area (TPSA) is 3.88 Å². The van der Waals surface area contributed by atoms with Crippen LogP contribution >= 0.6 is 23.1 Å². The van der Waals surface area contributed by atoms with Crippen molar-refractivity contribution in [3.8, 4) is 11.3 Å². The van der Waals surface area contributed by atoms with Crippen LogP contribution < -0.4 is 4.57 Å². The minimum Gasteiger partial charge on any atom is -0.200 e. The third-order valence-electron chi connectivity index (χ3n) is 7.43. The molecular formula is C33H36NS2+. The van der Waals surface area contributed by atoms with Gasteiger partial charge < -0.3 is 0 Å². The van der Waals surface area contributed by atoms with Gasteiger partial charge in [-0.15, -0.1) is 11.3 Å². The monoisotopic (exact) mass is 510 g/mol. The van der Waals surface area contributed by atoms with Gasteiger partial charge in [-0.25, -0.2) is 4.57 Å². The summed E-state index contributed by atoms with van der Waals surface area (Å²) in [6.07, 6.45) is 4.43. The van der Waals surface area contributed by atoms with E-state index in [0.29, 0.717) is 0 Å². The predicted molar refractivity (Wildman–Crippen MR) is 159 cm³/mol. The van der Waals surface area contributed by atoms with Gasteiger partial charge in [0.05, 0.1) is 10.9 Å². The van der Waals surface area contributed by atoms with Crippen LogP contribution in [0.25, 0.3) is 42.9 Å². The highest BCUT2D eigenvalue weighted by molar-refractivity contribution is 8.00. The first-order chi connectivity index (χ1) is 16.9. The number of rotatable bonds is 2. The molecule has 0 radical (unpaired) electrons. The fourth-order valence-corrected chi connectivity index (χ4v) is 8.47. The van der Waals surface area contributed by atoms with E-state index < -0.39 is 0 Å². The third-order valence-corrected chi connectivity index (χ3v) is 9.60. The van der Waals surface area contributed by atoms with Crippen LogP contribution in [0.2, 0.25) is 0 Å². The van der Waals surface area contributed by atoms with Crippen molar-refractivity contribution < 1.29 is 4.57 Å². The van der Waals surface area contributed by atoms with Crippen molar-refractivity contribution >= 4 is 54.7 Å². The minimum atomic E-state index is 0.220. The summed E-state index contributed by atoms with van der Waals surface area (Å²) in [6.45, 7) is 16.5. The molecule has 0 unspecified atom stereocenters. The Morgan fingerprint density at radius 2 is 1.58 bits per heavy atom. The first-order valence-corrected chi connectivity index (χ1v) is 14.7. The predicted octanol–water partition coefficient (Wildman–Crippen LogP) is 9.65. The molecule has 0 bridgehead atoms. The number of aromatic nitrogens is 1. The van der Waals surface area contributed by atoms with Crippen molar-refractivity contribution in [2.75, 3.05) is 0 Å². The SMILES string of the molecule is Cc1c2c(c(CC(C)(C)C)c3sccc13)Sc1cc3c(CC(C)(C)C)cccc3c3cc[n+](C)c-2c13. The fourth-order valence-electron chi connectivity index (χ4n) is 6.05. The molecule has 1 nitrogen and oxygen atoms in total. The number of pyridine rings is 1. The molecule has 0 N–H and O–H groups in total. The summed E-state index contributed by atoms with van der Waals surface area (Å²) in [6, 6.07) is 14.1. The van der Waals surface area contributed by atoms with Crippen LogP contribution in [0.5, 0.6) is 0 Å². The van der Waals surface area contributed by atoms with Crippen LogP contribution in [0.3, 0.4) is 0 Å². The Balaban J connectivity index is 1.75. The summed E-state index contributed by atoms with van der Waals surface area (Å²) in [5.74, 6) is 0. The van der Waals surface area contributed by atoms with Gasteiger partial charge in [0, 0.05) is 25.9 Å². The molecule has 3 heteroatoms. The third kappa shape index (κ3) is 3.78. The van der Waals surface area contributed by atoms with E-state index in [1.807, 2.05) is 23.1 Å². The van der Waals surface area contributed by atoms with Crippen molar-refractivity contribution in [2.45, 2.75) is 71.1 Å². The molecule has 1 aliphatic heterocycles. The quantitative estimate of drug-likeness (QED) is 0.166. The number of hydrogen-bond acceptors (Lipinski definition) is 2. The molecule has 0 saturated heterocycles. The van der Waals surface area contributed by atoms with Gasteiger partial charge in [-0.3, -0.25) is 0 Å². The highest BCUT2D eigenvalue weighted by Crippen LogP contribution is 2.54. The molecule has 0 atom stereocenters. The van der Waals surface area contributed by atoms with Gasteiger partial charge in [-0.2, -0.15) is 0 Å². The lowest BCUT2D eigenvalue weighted by atomic mass is 9.84. The molecule has 6 rings (SSSR count). The second-order valence-corrected chi connectivity index (χ2v) is 15.0. The summed E-state index contributed by atoms with van der Waals surface area (Å²) >= 11 is 3.93. The number of thiophene rings is 1. The van der Waals surface area contributed by atoms with E-state index in [2.05, 4.69) is 108 Å². The molecule has 2 aromatic heterocycles. The Kier molecular flexibility index (Phi) is 5.38. The average molecular weight is 511 g/mol.